The van der Waals surface area contributed by atoms with Gasteiger partial charge < -0.3 is 18.6 Å². The zero-order valence-electron chi connectivity index (χ0n) is 16.4. The van der Waals surface area contributed by atoms with E-state index in [9.17, 15) is 9.59 Å². The minimum absolute atomic E-state index is 0.101. The molecule has 0 saturated heterocycles. The number of aromatic nitrogens is 1. The smallest absolute Gasteiger partial charge is 0.235 e. The van der Waals surface area contributed by atoms with Gasteiger partial charge in [0, 0.05) is 27.7 Å². The number of fused-ring (bicyclic) bond motifs is 2. The average Bonchev–Trinajstić information content (AvgIpc) is 3.44. The van der Waals surface area contributed by atoms with Crippen LogP contribution in [0.25, 0.3) is 33.4 Å². The van der Waals surface area contributed by atoms with E-state index in [4.69, 9.17) is 25.2 Å². The standard InChI is InChI=1S/C24H16ClNO5/c1-13-9-21-15(10-17(13)25)22(28)24(23(31-21)20-7-4-8-29-20)30-12-19(27)16-11-26-18-6-3-2-5-14(16)18/h2-11,26H,12H2,1H3. The van der Waals surface area contributed by atoms with E-state index in [1.165, 1.54) is 12.3 Å². The number of rotatable bonds is 5. The van der Waals surface area contributed by atoms with Gasteiger partial charge in [-0.25, -0.2) is 0 Å². The third-order valence-corrected chi connectivity index (χ3v) is 5.52. The molecule has 0 aliphatic rings. The maximum atomic E-state index is 13.2. The summed E-state index contributed by atoms with van der Waals surface area (Å²) < 4.78 is 17.1. The number of carbonyl (C=O) groups excluding carboxylic acids is 1. The van der Waals surface area contributed by atoms with E-state index in [-0.39, 0.29) is 29.3 Å². The van der Waals surface area contributed by atoms with Crippen LogP contribution < -0.4 is 10.2 Å². The van der Waals surface area contributed by atoms with Crippen LogP contribution in [0.15, 0.2) is 74.6 Å². The Kier molecular flexibility index (Phi) is 4.64. The third kappa shape index (κ3) is 3.31. The molecular weight excluding hydrogens is 418 g/mol. The molecule has 3 heterocycles. The molecule has 0 bridgehead atoms. The monoisotopic (exact) mass is 433 g/mol. The van der Waals surface area contributed by atoms with Gasteiger partial charge >= 0.3 is 0 Å². The molecule has 0 saturated carbocycles. The first kappa shape index (κ1) is 19.2. The van der Waals surface area contributed by atoms with Crippen molar-refractivity contribution >= 4 is 39.3 Å². The van der Waals surface area contributed by atoms with E-state index >= 15 is 0 Å². The lowest BCUT2D eigenvalue weighted by Crippen LogP contribution is -2.17. The Labute approximate surface area is 181 Å². The van der Waals surface area contributed by atoms with Crippen LogP contribution in [0.4, 0.5) is 0 Å². The quantitative estimate of drug-likeness (QED) is 0.356. The molecule has 2 aromatic carbocycles. The Balaban J connectivity index is 1.57. The van der Waals surface area contributed by atoms with Gasteiger partial charge in [-0.3, -0.25) is 9.59 Å². The normalized spacial score (nSPS) is 11.3. The van der Waals surface area contributed by atoms with E-state index in [1.807, 2.05) is 31.2 Å². The van der Waals surface area contributed by atoms with Gasteiger partial charge in [0.1, 0.15) is 5.58 Å². The maximum Gasteiger partial charge on any atom is 0.235 e. The van der Waals surface area contributed by atoms with Gasteiger partial charge in [-0.05, 0) is 42.8 Å². The first-order valence-corrected chi connectivity index (χ1v) is 9.93. The van der Waals surface area contributed by atoms with Gasteiger partial charge in [0.2, 0.25) is 22.7 Å². The van der Waals surface area contributed by atoms with Crippen molar-refractivity contribution in [3.63, 3.8) is 0 Å². The number of ether oxygens (including phenoxy) is 1. The van der Waals surface area contributed by atoms with Crippen LogP contribution in [0.1, 0.15) is 15.9 Å². The first-order chi connectivity index (χ1) is 15.0. The Morgan fingerprint density at radius 3 is 2.77 bits per heavy atom. The molecule has 0 unspecified atom stereocenters. The first-order valence-electron chi connectivity index (χ1n) is 9.56. The molecule has 0 fully saturated rings. The summed E-state index contributed by atoms with van der Waals surface area (Å²) in [6, 6.07) is 14.0. The molecule has 0 atom stereocenters. The Morgan fingerprint density at radius 1 is 1.13 bits per heavy atom. The zero-order valence-corrected chi connectivity index (χ0v) is 17.2. The van der Waals surface area contributed by atoms with E-state index in [2.05, 4.69) is 4.98 Å². The number of H-pyrrole nitrogens is 1. The number of para-hydroxylation sites is 1. The zero-order chi connectivity index (χ0) is 21.5. The molecule has 5 rings (SSSR count). The van der Waals surface area contributed by atoms with Gasteiger partial charge in [-0.1, -0.05) is 29.8 Å². The van der Waals surface area contributed by atoms with E-state index in [0.29, 0.717) is 21.9 Å². The van der Waals surface area contributed by atoms with Crippen molar-refractivity contribution in [2.45, 2.75) is 6.92 Å². The highest BCUT2D eigenvalue weighted by atomic mass is 35.5. The lowest BCUT2D eigenvalue weighted by molar-refractivity contribution is 0.0922. The summed E-state index contributed by atoms with van der Waals surface area (Å²) in [5.41, 5.74) is 2.03. The third-order valence-electron chi connectivity index (χ3n) is 5.11. The topological polar surface area (TPSA) is 85.4 Å². The number of hydrogen-bond donors (Lipinski definition) is 1. The second-order valence-electron chi connectivity index (χ2n) is 7.12. The fourth-order valence-corrected chi connectivity index (χ4v) is 3.68. The largest absolute Gasteiger partial charge is 0.478 e. The van der Waals surface area contributed by atoms with E-state index in [1.54, 1.807) is 24.4 Å². The second kappa shape index (κ2) is 7.49. The Morgan fingerprint density at radius 2 is 1.97 bits per heavy atom. The van der Waals surface area contributed by atoms with Crippen molar-refractivity contribution in [2.75, 3.05) is 6.61 Å². The Bertz CT molecular complexity index is 1490. The summed E-state index contributed by atoms with van der Waals surface area (Å²) in [7, 11) is 0. The second-order valence-corrected chi connectivity index (χ2v) is 7.53. The molecule has 0 spiro atoms. The number of Topliss-reactive ketones (excluding diaryl/α,β-unsaturated/α-hetero) is 1. The predicted octanol–water partition coefficient (Wildman–Crippen LogP) is 5.76. The van der Waals surface area contributed by atoms with Crippen LogP contribution in [0, 0.1) is 6.92 Å². The number of furan rings is 1. The van der Waals surface area contributed by atoms with Gasteiger partial charge in [-0.15, -0.1) is 0 Å². The van der Waals surface area contributed by atoms with Crippen LogP contribution >= 0.6 is 11.6 Å². The van der Waals surface area contributed by atoms with Crippen LogP contribution in [-0.4, -0.2) is 17.4 Å². The van der Waals surface area contributed by atoms with Crippen molar-refractivity contribution < 1.29 is 18.4 Å². The van der Waals surface area contributed by atoms with Crippen LogP contribution in [0.3, 0.4) is 0 Å². The van der Waals surface area contributed by atoms with Crippen molar-refractivity contribution in [1.82, 2.24) is 4.98 Å². The fraction of sp³-hybridized carbons (Fsp3) is 0.0833. The van der Waals surface area contributed by atoms with Crippen LogP contribution in [0.2, 0.25) is 5.02 Å². The summed E-state index contributed by atoms with van der Waals surface area (Å²) >= 11 is 6.20. The number of aryl methyl sites for hydroxylation is 1. The van der Waals surface area contributed by atoms with Gasteiger partial charge in [-0.2, -0.15) is 0 Å². The lowest BCUT2D eigenvalue weighted by atomic mass is 10.1. The summed E-state index contributed by atoms with van der Waals surface area (Å²) in [6.07, 6.45) is 3.10. The van der Waals surface area contributed by atoms with Crippen molar-refractivity contribution in [3.8, 4) is 17.3 Å². The average molecular weight is 434 g/mol. The fourth-order valence-electron chi connectivity index (χ4n) is 3.52. The highest BCUT2D eigenvalue weighted by Gasteiger charge is 2.22. The summed E-state index contributed by atoms with van der Waals surface area (Å²) in [5, 5.41) is 1.49. The number of aromatic amines is 1. The summed E-state index contributed by atoms with van der Waals surface area (Å²) in [6.45, 7) is 1.48. The molecule has 31 heavy (non-hydrogen) atoms. The molecule has 154 valence electrons. The summed E-state index contributed by atoms with van der Waals surface area (Å²) in [4.78, 5) is 29.1. The van der Waals surface area contributed by atoms with Crippen molar-refractivity contribution in [2.24, 2.45) is 0 Å². The molecule has 6 nitrogen and oxygen atoms in total. The molecule has 7 heteroatoms. The maximum absolute atomic E-state index is 13.2. The predicted molar refractivity (Wildman–Crippen MR) is 118 cm³/mol. The van der Waals surface area contributed by atoms with Gasteiger partial charge in [0.15, 0.2) is 12.4 Å². The SMILES string of the molecule is Cc1cc2oc(-c3ccco3)c(OCC(=O)c3c[nH]c4ccccc34)c(=O)c2cc1Cl. The van der Waals surface area contributed by atoms with E-state index < -0.39 is 5.43 Å². The number of carbonyl (C=O) groups is 1. The molecule has 0 amide bonds. The lowest BCUT2D eigenvalue weighted by Gasteiger charge is -2.10. The Hall–Kier alpha value is -3.77. The van der Waals surface area contributed by atoms with Gasteiger partial charge in [0.25, 0.3) is 0 Å². The molecule has 5 aromatic rings. The highest BCUT2D eigenvalue weighted by Crippen LogP contribution is 2.33. The highest BCUT2D eigenvalue weighted by molar-refractivity contribution is 6.32. The van der Waals surface area contributed by atoms with Crippen molar-refractivity contribution in [3.05, 3.63) is 87.4 Å². The number of halogens is 1. The molecule has 0 radical (unpaired) electrons. The number of benzene rings is 2. The molecule has 0 aliphatic heterocycles. The molecule has 1 N–H and O–H groups in total. The van der Waals surface area contributed by atoms with E-state index in [0.717, 1.165) is 16.5 Å². The minimum Gasteiger partial charge on any atom is -0.478 e. The number of hydrogen-bond acceptors (Lipinski definition) is 5. The molecule has 3 aromatic heterocycles. The summed E-state index contributed by atoms with van der Waals surface area (Å²) in [5.74, 6) is 0.0666. The minimum atomic E-state index is -0.429. The molecule has 0 aliphatic carbocycles. The van der Waals surface area contributed by atoms with Crippen LogP contribution in [0.5, 0.6) is 5.75 Å². The van der Waals surface area contributed by atoms with Crippen molar-refractivity contribution in [1.29, 1.82) is 0 Å². The number of ketones is 1. The van der Waals surface area contributed by atoms with Crippen LogP contribution in [-0.2, 0) is 0 Å². The van der Waals surface area contributed by atoms with Gasteiger partial charge in [0.05, 0.1) is 11.6 Å². The molecular formula is C24H16ClNO5. The number of nitrogens with one attached hydrogen (secondary N) is 1.